The summed E-state index contributed by atoms with van der Waals surface area (Å²) < 4.78 is 0. The van der Waals surface area contributed by atoms with Crippen molar-refractivity contribution in [1.29, 1.82) is 5.26 Å². The summed E-state index contributed by atoms with van der Waals surface area (Å²) in [7, 11) is 0. The van der Waals surface area contributed by atoms with Gasteiger partial charge in [-0.15, -0.1) is 0 Å². The van der Waals surface area contributed by atoms with E-state index in [1.54, 1.807) is 24.3 Å². The highest BCUT2D eigenvalue weighted by molar-refractivity contribution is 5.99. The summed E-state index contributed by atoms with van der Waals surface area (Å²) in [5.41, 5.74) is 5.38. The Morgan fingerprint density at radius 1 is 1.29 bits per heavy atom. The Hall–Kier alpha value is -2.55. The van der Waals surface area contributed by atoms with Crippen LogP contribution in [0.4, 0.5) is 5.69 Å². The van der Waals surface area contributed by atoms with Crippen LogP contribution in [0, 0.1) is 11.3 Å². The molecule has 0 spiro atoms. The van der Waals surface area contributed by atoms with Gasteiger partial charge in [0.05, 0.1) is 18.2 Å². The van der Waals surface area contributed by atoms with Crippen LogP contribution in [0.15, 0.2) is 24.3 Å². The smallest absolute Gasteiger partial charge is 0.250 e. The van der Waals surface area contributed by atoms with E-state index in [4.69, 9.17) is 5.73 Å². The molecule has 110 valence electrons. The van der Waals surface area contributed by atoms with Crippen molar-refractivity contribution in [2.24, 2.45) is 5.73 Å². The lowest BCUT2D eigenvalue weighted by atomic mass is 10.00. The van der Waals surface area contributed by atoms with Crippen LogP contribution < -0.4 is 16.4 Å². The van der Waals surface area contributed by atoms with Gasteiger partial charge >= 0.3 is 0 Å². The molecule has 1 aliphatic carbocycles. The predicted molar refractivity (Wildman–Crippen MR) is 78.4 cm³/mol. The van der Waals surface area contributed by atoms with Gasteiger partial charge in [0.25, 0.3) is 5.91 Å². The summed E-state index contributed by atoms with van der Waals surface area (Å²) in [5, 5.41) is 14.9. The standard InChI is InChI=1S/C15H18N4O2/c16-10-15(7-3-4-8-15)19-13(20)9-18-12-6-2-1-5-11(12)14(17)21/h1-2,5-6,18H,3-4,7-9H2,(H2,17,21)(H,19,20). The molecule has 2 amide bonds. The highest BCUT2D eigenvalue weighted by atomic mass is 16.2. The molecule has 1 aromatic carbocycles. The van der Waals surface area contributed by atoms with Crippen molar-refractivity contribution in [2.45, 2.75) is 31.2 Å². The molecule has 0 bridgehead atoms. The average molecular weight is 286 g/mol. The lowest BCUT2D eigenvalue weighted by Gasteiger charge is -2.22. The van der Waals surface area contributed by atoms with Gasteiger partial charge in [-0.1, -0.05) is 12.1 Å². The van der Waals surface area contributed by atoms with Crippen LogP contribution in [0.3, 0.4) is 0 Å². The molecule has 0 heterocycles. The van der Waals surface area contributed by atoms with Crippen molar-refractivity contribution < 1.29 is 9.59 Å². The zero-order chi connectivity index (χ0) is 15.3. The van der Waals surface area contributed by atoms with E-state index >= 15 is 0 Å². The number of anilines is 1. The Morgan fingerprint density at radius 3 is 2.57 bits per heavy atom. The van der Waals surface area contributed by atoms with Crippen molar-refractivity contribution in [3.05, 3.63) is 29.8 Å². The number of nitriles is 1. The van der Waals surface area contributed by atoms with Crippen molar-refractivity contribution in [3.8, 4) is 6.07 Å². The number of hydrogen-bond acceptors (Lipinski definition) is 4. The second-order valence-corrected chi connectivity index (χ2v) is 5.21. The van der Waals surface area contributed by atoms with Crippen molar-refractivity contribution in [1.82, 2.24) is 5.32 Å². The lowest BCUT2D eigenvalue weighted by Crippen LogP contribution is -2.47. The van der Waals surface area contributed by atoms with Gasteiger partial charge in [-0.25, -0.2) is 0 Å². The Morgan fingerprint density at radius 2 is 1.95 bits per heavy atom. The summed E-state index contributed by atoms with van der Waals surface area (Å²) in [4.78, 5) is 23.3. The number of nitrogens with zero attached hydrogens (tertiary/aromatic N) is 1. The Labute approximate surface area is 123 Å². The van der Waals surface area contributed by atoms with Gasteiger partial charge in [-0.05, 0) is 37.8 Å². The number of primary amides is 1. The fraction of sp³-hybridized carbons (Fsp3) is 0.400. The normalized spacial score (nSPS) is 16.0. The third-order valence-corrected chi connectivity index (χ3v) is 3.68. The second kappa shape index (κ2) is 6.27. The molecule has 0 aromatic heterocycles. The zero-order valence-corrected chi connectivity index (χ0v) is 11.7. The maximum atomic E-state index is 12.0. The van der Waals surface area contributed by atoms with Crippen LogP contribution in [0.25, 0.3) is 0 Å². The molecule has 0 aliphatic heterocycles. The molecule has 1 saturated carbocycles. The van der Waals surface area contributed by atoms with Crippen LogP contribution in [0.2, 0.25) is 0 Å². The molecular formula is C15H18N4O2. The monoisotopic (exact) mass is 286 g/mol. The van der Waals surface area contributed by atoms with Gasteiger partial charge < -0.3 is 16.4 Å². The fourth-order valence-electron chi connectivity index (χ4n) is 2.58. The van der Waals surface area contributed by atoms with E-state index in [0.717, 1.165) is 12.8 Å². The van der Waals surface area contributed by atoms with E-state index in [-0.39, 0.29) is 12.5 Å². The number of hydrogen-bond donors (Lipinski definition) is 3. The summed E-state index contributed by atoms with van der Waals surface area (Å²) in [6.45, 7) is -0.00623. The highest BCUT2D eigenvalue weighted by Gasteiger charge is 2.35. The zero-order valence-electron chi connectivity index (χ0n) is 11.7. The number of rotatable bonds is 5. The second-order valence-electron chi connectivity index (χ2n) is 5.21. The van der Waals surface area contributed by atoms with Crippen LogP contribution in [0.1, 0.15) is 36.0 Å². The van der Waals surface area contributed by atoms with Gasteiger partial charge in [0.15, 0.2) is 0 Å². The van der Waals surface area contributed by atoms with Gasteiger partial charge in [0, 0.05) is 5.69 Å². The van der Waals surface area contributed by atoms with Crippen molar-refractivity contribution in [3.63, 3.8) is 0 Å². The molecule has 2 rings (SSSR count). The molecule has 6 nitrogen and oxygen atoms in total. The van der Waals surface area contributed by atoms with E-state index < -0.39 is 11.4 Å². The Kier molecular flexibility index (Phi) is 4.43. The SMILES string of the molecule is N#CC1(NC(=O)CNc2ccccc2C(N)=O)CCCC1. The molecule has 1 aromatic rings. The van der Waals surface area contributed by atoms with E-state index in [1.165, 1.54) is 0 Å². The average Bonchev–Trinajstić information content (AvgIpc) is 2.94. The van der Waals surface area contributed by atoms with E-state index in [2.05, 4.69) is 16.7 Å². The minimum Gasteiger partial charge on any atom is -0.376 e. The molecule has 1 fully saturated rings. The number of benzene rings is 1. The first-order valence-corrected chi connectivity index (χ1v) is 6.91. The van der Waals surface area contributed by atoms with Crippen LogP contribution in [-0.4, -0.2) is 23.9 Å². The third kappa shape index (κ3) is 3.51. The lowest BCUT2D eigenvalue weighted by molar-refractivity contribution is -0.120. The molecule has 6 heteroatoms. The molecular weight excluding hydrogens is 268 g/mol. The molecule has 0 unspecified atom stereocenters. The quantitative estimate of drug-likeness (QED) is 0.754. The van der Waals surface area contributed by atoms with Crippen LogP contribution in [-0.2, 0) is 4.79 Å². The number of nitrogens with one attached hydrogen (secondary N) is 2. The topological polar surface area (TPSA) is 108 Å². The molecule has 4 N–H and O–H groups in total. The minimum absolute atomic E-state index is 0.00623. The van der Waals surface area contributed by atoms with E-state index in [9.17, 15) is 14.9 Å². The maximum absolute atomic E-state index is 12.0. The summed E-state index contributed by atoms with van der Waals surface area (Å²) in [5.74, 6) is -0.819. The van der Waals surface area contributed by atoms with Crippen LogP contribution in [0.5, 0.6) is 0 Å². The van der Waals surface area contributed by atoms with E-state index in [1.807, 2.05) is 0 Å². The first-order chi connectivity index (χ1) is 10.1. The molecule has 1 aliphatic rings. The van der Waals surface area contributed by atoms with Gasteiger partial charge in [0.2, 0.25) is 5.91 Å². The van der Waals surface area contributed by atoms with Gasteiger partial charge in [0.1, 0.15) is 5.54 Å². The number of nitrogens with two attached hydrogens (primary N) is 1. The summed E-state index contributed by atoms with van der Waals surface area (Å²) in [6.07, 6.45) is 3.28. The third-order valence-electron chi connectivity index (χ3n) is 3.68. The molecule has 0 saturated heterocycles. The number of para-hydroxylation sites is 1. The van der Waals surface area contributed by atoms with Gasteiger partial charge in [-0.2, -0.15) is 5.26 Å². The van der Waals surface area contributed by atoms with E-state index in [0.29, 0.717) is 24.1 Å². The summed E-state index contributed by atoms with van der Waals surface area (Å²) >= 11 is 0. The van der Waals surface area contributed by atoms with Gasteiger partial charge in [-0.3, -0.25) is 9.59 Å². The Bertz CT molecular complexity index is 586. The fourth-order valence-corrected chi connectivity index (χ4v) is 2.58. The summed E-state index contributed by atoms with van der Waals surface area (Å²) in [6, 6.07) is 8.93. The molecule has 21 heavy (non-hydrogen) atoms. The van der Waals surface area contributed by atoms with Crippen molar-refractivity contribution in [2.75, 3.05) is 11.9 Å². The Balaban J connectivity index is 1.96. The minimum atomic E-state index is -0.734. The first kappa shape index (κ1) is 14.9. The number of carbonyl (C=O) groups is 2. The maximum Gasteiger partial charge on any atom is 0.250 e. The highest BCUT2D eigenvalue weighted by Crippen LogP contribution is 2.28. The molecule has 0 atom stereocenters. The van der Waals surface area contributed by atoms with Crippen LogP contribution >= 0.6 is 0 Å². The number of amides is 2. The first-order valence-electron chi connectivity index (χ1n) is 6.91. The largest absolute Gasteiger partial charge is 0.376 e. The van der Waals surface area contributed by atoms with Crippen molar-refractivity contribution >= 4 is 17.5 Å². The molecule has 0 radical (unpaired) electrons. The number of carbonyl (C=O) groups excluding carboxylic acids is 2. The predicted octanol–water partition coefficient (Wildman–Crippen LogP) is 1.15.